The average Bonchev–Trinajstić information content (AvgIpc) is 2.96. The van der Waals surface area contributed by atoms with Crippen LogP contribution in [-0.2, 0) is 6.42 Å². The molecule has 0 bridgehead atoms. The highest BCUT2D eigenvalue weighted by Crippen LogP contribution is 2.26. The van der Waals surface area contributed by atoms with Crippen molar-refractivity contribution in [2.24, 2.45) is 5.92 Å². The van der Waals surface area contributed by atoms with Crippen molar-refractivity contribution in [3.8, 4) is 11.5 Å². The van der Waals surface area contributed by atoms with E-state index in [0.717, 1.165) is 17.9 Å². The normalized spacial score (nSPS) is 12.1. The fourth-order valence-corrected chi connectivity index (χ4v) is 2.66. The van der Waals surface area contributed by atoms with E-state index in [0.29, 0.717) is 6.61 Å². The van der Waals surface area contributed by atoms with E-state index in [1.807, 2.05) is 35.7 Å². The van der Waals surface area contributed by atoms with Crippen LogP contribution in [0.3, 0.4) is 0 Å². The summed E-state index contributed by atoms with van der Waals surface area (Å²) in [7, 11) is 1.62. The lowest BCUT2D eigenvalue weighted by Gasteiger charge is -2.16. The first-order valence-corrected chi connectivity index (χ1v) is 7.10. The van der Waals surface area contributed by atoms with Gasteiger partial charge in [-0.25, -0.2) is 0 Å². The van der Waals surface area contributed by atoms with E-state index in [1.165, 1.54) is 4.88 Å². The number of rotatable bonds is 7. The first-order chi connectivity index (χ1) is 9.33. The third-order valence-corrected chi connectivity index (χ3v) is 3.77. The summed E-state index contributed by atoms with van der Waals surface area (Å²) in [4.78, 5) is 1.27. The van der Waals surface area contributed by atoms with Gasteiger partial charge in [-0.3, -0.25) is 0 Å². The summed E-state index contributed by atoms with van der Waals surface area (Å²) in [5.74, 6) is 1.54. The number of ether oxygens (including phenoxy) is 2. The molecule has 3 nitrogen and oxygen atoms in total. The standard InChI is InChI=1S/C15H18O3S/c1-17-14-6-2-3-7-15(14)18-11-12(10-16)9-13-5-4-8-19-13/h2-8,12,16H,9-11H2,1H3. The van der Waals surface area contributed by atoms with Crippen LogP contribution in [0, 0.1) is 5.92 Å². The Balaban J connectivity index is 1.92. The summed E-state index contributed by atoms with van der Waals surface area (Å²) in [5.41, 5.74) is 0. The highest BCUT2D eigenvalue weighted by Gasteiger charge is 2.12. The van der Waals surface area contributed by atoms with Gasteiger partial charge in [0.15, 0.2) is 11.5 Å². The van der Waals surface area contributed by atoms with Gasteiger partial charge < -0.3 is 14.6 Å². The molecule has 4 heteroatoms. The number of methoxy groups -OCH3 is 1. The van der Waals surface area contributed by atoms with Gasteiger partial charge in [-0.1, -0.05) is 18.2 Å². The SMILES string of the molecule is COc1ccccc1OCC(CO)Cc1cccs1. The Bertz CT molecular complexity index is 482. The number of aliphatic hydroxyl groups is 1. The van der Waals surface area contributed by atoms with Crippen LogP contribution in [0.25, 0.3) is 0 Å². The number of thiophene rings is 1. The smallest absolute Gasteiger partial charge is 0.161 e. The summed E-state index contributed by atoms with van der Waals surface area (Å²) in [6, 6.07) is 11.7. The third-order valence-electron chi connectivity index (χ3n) is 2.87. The fraction of sp³-hybridized carbons (Fsp3) is 0.333. The van der Waals surface area contributed by atoms with Crippen LogP contribution in [0.5, 0.6) is 11.5 Å². The molecule has 0 spiro atoms. The van der Waals surface area contributed by atoms with Crippen LogP contribution >= 0.6 is 11.3 Å². The number of benzene rings is 1. The van der Waals surface area contributed by atoms with Crippen molar-refractivity contribution in [2.75, 3.05) is 20.3 Å². The van der Waals surface area contributed by atoms with Gasteiger partial charge in [0, 0.05) is 17.4 Å². The van der Waals surface area contributed by atoms with Gasteiger partial charge in [0.05, 0.1) is 13.7 Å². The van der Waals surface area contributed by atoms with Gasteiger partial charge >= 0.3 is 0 Å². The summed E-state index contributed by atoms with van der Waals surface area (Å²) >= 11 is 1.70. The van der Waals surface area contributed by atoms with E-state index in [9.17, 15) is 5.11 Å². The van der Waals surface area contributed by atoms with Crippen molar-refractivity contribution in [1.29, 1.82) is 0 Å². The van der Waals surface area contributed by atoms with Gasteiger partial charge in [-0.15, -0.1) is 11.3 Å². The highest BCUT2D eigenvalue weighted by atomic mass is 32.1. The fourth-order valence-electron chi connectivity index (χ4n) is 1.84. The van der Waals surface area contributed by atoms with Crippen molar-refractivity contribution in [1.82, 2.24) is 0 Å². The quantitative estimate of drug-likeness (QED) is 0.846. The van der Waals surface area contributed by atoms with Crippen molar-refractivity contribution in [3.05, 3.63) is 46.7 Å². The molecule has 2 rings (SSSR count). The van der Waals surface area contributed by atoms with E-state index in [4.69, 9.17) is 9.47 Å². The number of para-hydroxylation sites is 2. The molecule has 1 aromatic carbocycles. The van der Waals surface area contributed by atoms with Gasteiger partial charge in [-0.2, -0.15) is 0 Å². The lowest BCUT2D eigenvalue weighted by atomic mass is 10.1. The Morgan fingerprint density at radius 1 is 1.16 bits per heavy atom. The summed E-state index contributed by atoms with van der Waals surface area (Å²) in [5, 5.41) is 11.5. The van der Waals surface area contributed by atoms with Crippen molar-refractivity contribution >= 4 is 11.3 Å². The summed E-state index contributed by atoms with van der Waals surface area (Å²) < 4.78 is 11.0. The van der Waals surface area contributed by atoms with Crippen LogP contribution in [0.1, 0.15) is 4.88 Å². The lowest BCUT2D eigenvalue weighted by molar-refractivity contribution is 0.160. The maximum absolute atomic E-state index is 9.42. The molecule has 1 atom stereocenters. The number of hydrogen-bond donors (Lipinski definition) is 1. The van der Waals surface area contributed by atoms with Crippen molar-refractivity contribution in [3.63, 3.8) is 0 Å². The van der Waals surface area contributed by atoms with Crippen molar-refractivity contribution < 1.29 is 14.6 Å². The molecule has 2 aromatic rings. The molecule has 19 heavy (non-hydrogen) atoms. The minimum atomic E-state index is 0.101. The maximum Gasteiger partial charge on any atom is 0.161 e. The monoisotopic (exact) mass is 278 g/mol. The van der Waals surface area contributed by atoms with E-state index in [-0.39, 0.29) is 12.5 Å². The molecule has 0 aliphatic carbocycles. The second kappa shape index (κ2) is 7.16. The Morgan fingerprint density at radius 2 is 1.95 bits per heavy atom. The molecule has 0 saturated heterocycles. The topological polar surface area (TPSA) is 38.7 Å². The molecule has 1 aromatic heterocycles. The molecule has 0 fully saturated rings. The largest absolute Gasteiger partial charge is 0.493 e. The van der Waals surface area contributed by atoms with Crippen LogP contribution in [-0.4, -0.2) is 25.4 Å². The molecule has 102 valence electrons. The third kappa shape index (κ3) is 3.98. The van der Waals surface area contributed by atoms with Crippen LogP contribution in [0.4, 0.5) is 0 Å². The Kier molecular flexibility index (Phi) is 5.24. The molecule has 0 saturated carbocycles. The Morgan fingerprint density at radius 3 is 2.58 bits per heavy atom. The molecular weight excluding hydrogens is 260 g/mol. The predicted octanol–water partition coefficient (Wildman–Crippen LogP) is 2.99. The minimum Gasteiger partial charge on any atom is -0.493 e. The Hall–Kier alpha value is -1.52. The zero-order valence-electron chi connectivity index (χ0n) is 10.9. The van der Waals surface area contributed by atoms with Crippen LogP contribution in [0.2, 0.25) is 0 Å². The summed E-state index contributed by atoms with van der Waals surface area (Å²) in [6.07, 6.45) is 0.837. The van der Waals surface area contributed by atoms with Crippen LogP contribution in [0.15, 0.2) is 41.8 Å². The maximum atomic E-state index is 9.42. The second-order valence-corrected chi connectivity index (χ2v) is 5.33. The van der Waals surface area contributed by atoms with Gasteiger partial charge in [0.1, 0.15) is 0 Å². The van der Waals surface area contributed by atoms with E-state index in [1.54, 1.807) is 18.4 Å². The highest BCUT2D eigenvalue weighted by molar-refractivity contribution is 7.09. The minimum absolute atomic E-state index is 0.101. The first-order valence-electron chi connectivity index (χ1n) is 6.22. The van der Waals surface area contributed by atoms with E-state index >= 15 is 0 Å². The lowest BCUT2D eigenvalue weighted by Crippen LogP contribution is -2.18. The number of hydrogen-bond acceptors (Lipinski definition) is 4. The summed E-state index contributed by atoms with van der Waals surface area (Å²) in [6.45, 7) is 0.599. The van der Waals surface area contributed by atoms with Gasteiger partial charge in [0.25, 0.3) is 0 Å². The average molecular weight is 278 g/mol. The molecule has 1 heterocycles. The zero-order chi connectivity index (χ0) is 13.5. The van der Waals surface area contributed by atoms with E-state index < -0.39 is 0 Å². The molecule has 0 amide bonds. The first kappa shape index (κ1) is 13.9. The predicted molar refractivity (Wildman–Crippen MR) is 77.1 cm³/mol. The Labute approximate surface area is 117 Å². The molecule has 0 aliphatic heterocycles. The van der Waals surface area contributed by atoms with Gasteiger partial charge in [0.2, 0.25) is 0 Å². The molecule has 1 unspecified atom stereocenters. The second-order valence-electron chi connectivity index (χ2n) is 4.29. The van der Waals surface area contributed by atoms with Crippen molar-refractivity contribution in [2.45, 2.75) is 6.42 Å². The molecule has 1 N–H and O–H groups in total. The van der Waals surface area contributed by atoms with Gasteiger partial charge in [-0.05, 0) is 30.0 Å². The zero-order valence-corrected chi connectivity index (χ0v) is 11.7. The molecule has 0 aliphatic rings. The number of aliphatic hydroxyl groups excluding tert-OH is 1. The molecular formula is C15H18O3S. The van der Waals surface area contributed by atoms with E-state index in [2.05, 4.69) is 6.07 Å². The molecule has 0 radical (unpaired) electrons. The van der Waals surface area contributed by atoms with Crippen LogP contribution < -0.4 is 9.47 Å².